The van der Waals surface area contributed by atoms with Gasteiger partial charge in [0, 0.05) is 11.1 Å². The molecule has 1 aromatic carbocycles. The molecule has 5 nitrogen and oxygen atoms in total. The minimum absolute atomic E-state index is 0.0898. The summed E-state index contributed by atoms with van der Waals surface area (Å²) < 4.78 is 23.4. The van der Waals surface area contributed by atoms with Crippen LogP contribution in [-0.4, -0.2) is 49.9 Å². The Morgan fingerprint density at radius 2 is 2.12 bits per heavy atom. The molecule has 1 saturated heterocycles. The van der Waals surface area contributed by atoms with E-state index in [-0.39, 0.29) is 30.0 Å². The topological polar surface area (TPSA) is 66.5 Å². The molecular formula is C16H22Cl2N2O3S. The summed E-state index contributed by atoms with van der Waals surface area (Å²) in [6.07, 6.45) is 2.49. The van der Waals surface area contributed by atoms with E-state index in [1.807, 2.05) is 4.90 Å². The van der Waals surface area contributed by atoms with Crippen molar-refractivity contribution < 1.29 is 13.2 Å². The molecule has 1 aliphatic rings. The Bertz CT molecular complexity index is 695. The summed E-state index contributed by atoms with van der Waals surface area (Å²) in [5.41, 5.74) is 0.501. The van der Waals surface area contributed by atoms with Gasteiger partial charge in [0.25, 0.3) is 0 Å². The number of halogens is 2. The van der Waals surface area contributed by atoms with Gasteiger partial charge in [0.15, 0.2) is 9.84 Å². The number of nitrogens with one attached hydrogen (secondary N) is 1. The Morgan fingerprint density at radius 3 is 2.71 bits per heavy atom. The van der Waals surface area contributed by atoms with E-state index < -0.39 is 9.84 Å². The number of amides is 1. The summed E-state index contributed by atoms with van der Waals surface area (Å²) in [5, 5.41) is 3.64. The first-order chi connectivity index (χ1) is 11.3. The van der Waals surface area contributed by atoms with Gasteiger partial charge in [-0.3, -0.25) is 9.69 Å². The van der Waals surface area contributed by atoms with Gasteiger partial charge >= 0.3 is 0 Å². The van der Waals surface area contributed by atoms with Crippen LogP contribution in [0, 0.1) is 0 Å². The van der Waals surface area contributed by atoms with E-state index >= 15 is 0 Å². The fourth-order valence-electron chi connectivity index (χ4n) is 2.78. The largest absolute Gasteiger partial charge is 0.324 e. The van der Waals surface area contributed by atoms with Crippen molar-refractivity contribution in [2.75, 3.05) is 29.9 Å². The summed E-state index contributed by atoms with van der Waals surface area (Å²) in [4.78, 5) is 14.3. The lowest BCUT2D eigenvalue weighted by atomic mass is 10.2. The van der Waals surface area contributed by atoms with Crippen molar-refractivity contribution >= 4 is 44.6 Å². The third kappa shape index (κ3) is 5.62. The van der Waals surface area contributed by atoms with Crippen LogP contribution in [0.5, 0.6) is 0 Å². The Kier molecular flexibility index (Phi) is 6.92. The van der Waals surface area contributed by atoms with Crippen molar-refractivity contribution in [1.82, 2.24) is 4.90 Å². The molecule has 1 amide bonds. The zero-order valence-corrected chi connectivity index (χ0v) is 15.9. The molecule has 0 aliphatic carbocycles. The van der Waals surface area contributed by atoms with Crippen molar-refractivity contribution in [2.24, 2.45) is 0 Å². The molecule has 134 valence electrons. The van der Waals surface area contributed by atoms with Gasteiger partial charge in [-0.1, -0.05) is 36.5 Å². The van der Waals surface area contributed by atoms with Crippen LogP contribution in [0.25, 0.3) is 0 Å². The lowest BCUT2D eigenvalue weighted by molar-refractivity contribution is -0.117. The standard InChI is InChI=1S/C16H22Cl2N2O3S/c1-2-3-7-20(13-6-8-24(22,23)11-13)10-16(21)19-15-5-4-12(17)9-14(15)18/h4-5,9,13H,2-3,6-8,10-11H2,1H3,(H,19,21). The molecule has 0 bridgehead atoms. The molecule has 2 rings (SSSR count). The van der Waals surface area contributed by atoms with Crippen LogP contribution >= 0.6 is 23.2 Å². The van der Waals surface area contributed by atoms with Crippen LogP contribution in [0.2, 0.25) is 10.0 Å². The van der Waals surface area contributed by atoms with Gasteiger partial charge in [0.1, 0.15) is 0 Å². The number of benzene rings is 1. The second-order valence-corrected chi connectivity index (χ2v) is 9.13. The number of anilines is 1. The van der Waals surface area contributed by atoms with Crippen LogP contribution in [0.1, 0.15) is 26.2 Å². The number of hydrogen-bond donors (Lipinski definition) is 1. The summed E-state index contributed by atoms with van der Waals surface area (Å²) in [5.74, 6) is 0.121. The first kappa shape index (κ1) is 19.5. The van der Waals surface area contributed by atoms with Crippen LogP contribution < -0.4 is 5.32 Å². The molecule has 1 N–H and O–H groups in total. The zero-order valence-electron chi connectivity index (χ0n) is 13.6. The van der Waals surface area contributed by atoms with Crippen LogP contribution in [0.3, 0.4) is 0 Å². The number of carbonyl (C=O) groups is 1. The van der Waals surface area contributed by atoms with Crippen molar-refractivity contribution in [1.29, 1.82) is 0 Å². The third-order valence-corrected chi connectivity index (χ3v) is 6.37. The maximum absolute atomic E-state index is 12.3. The van der Waals surface area contributed by atoms with Crippen molar-refractivity contribution in [3.63, 3.8) is 0 Å². The quantitative estimate of drug-likeness (QED) is 0.773. The highest BCUT2D eigenvalue weighted by atomic mass is 35.5. The monoisotopic (exact) mass is 392 g/mol. The predicted molar refractivity (Wildman–Crippen MR) is 98.6 cm³/mol. The normalized spacial score (nSPS) is 19.6. The zero-order chi connectivity index (χ0) is 17.7. The Labute approximate surface area is 153 Å². The minimum Gasteiger partial charge on any atom is -0.324 e. The lowest BCUT2D eigenvalue weighted by Gasteiger charge is -2.27. The molecule has 8 heteroatoms. The number of carbonyl (C=O) groups excluding carboxylic acids is 1. The number of nitrogens with zero attached hydrogens (tertiary/aromatic N) is 1. The highest BCUT2D eigenvalue weighted by molar-refractivity contribution is 7.91. The summed E-state index contributed by atoms with van der Waals surface area (Å²) >= 11 is 11.9. The molecule has 1 unspecified atom stereocenters. The van der Waals surface area contributed by atoms with E-state index in [1.54, 1.807) is 18.2 Å². The maximum atomic E-state index is 12.3. The summed E-state index contributed by atoms with van der Waals surface area (Å²) in [6.45, 7) is 2.93. The molecule has 0 saturated carbocycles. The molecule has 1 aromatic rings. The summed E-state index contributed by atoms with van der Waals surface area (Å²) in [6, 6.07) is 4.78. The molecular weight excluding hydrogens is 371 g/mol. The third-order valence-electron chi connectivity index (χ3n) is 4.08. The van der Waals surface area contributed by atoms with Gasteiger partial charge in [0.05, 0.1) is 28.8 Å². The van der Waals surface area contributed by atoms with Gasteiger partial charge in [-0.05, 0) is 37.6 Å². The highest BCUT2D eigenvalue weighted by Gasteiger charge is 2.32. The van der Waals surface area contributed by atoms with Gasteiger partial charge in [-0.25, -0.2) is 8.42 Å². The molecule has 1 atom stereocenters. The van der Waals surface area contributed by atoms with E-state index in [1.165, 1.54) is 0 Å². The summed E-state index contributed by atoms with van der Waals surface area (Å²) in [7, 11) is -2.98. The van der Waals surface area contributed by atoms with Gasteiger partial charge in [-0.2, -0.15) is 0 Å². The Balaban J connectivity index is 2.01. The number of unbranched alkanes of at least 4 members (excludes halogenated alkanes) is 1. The smallest absolute Gasteiger partial charge is 0.238 e. The molecule has 1 heterocycles. The van der Waals surface area contributed by atoms with Crippen LogP contribution in [0.15, 0.2) is 18.2 Å². The van der Waals surface area contributed by atoms with Crippen LogP contribution in [-0.2, 0) is 14.6 Å². The average molecular weight is 393 g/mol. The molecule has 0 aromatic heterocycles. The molecule has 24 heavy (non-hydrogen) atoms. The molecule has 1 fully saturated rings. The van der Waals surface area contributed by atoms with Crippen LogP contribution in [0.4, 0.5) is 5.69 Å². The van der Waals surface area contributed by atoms with Crippen molar-refractivity contribution in [2.45, 2.75) is 32.2 Å². The first-order valence-electron chi connectivity index (χ1n) is 8.00. The fraction of sp³-hybridized carbons (Fsp3) is 0.562. The van der Waals surface area contributed by atoms with E-state index in [4.69, 9.17) is 23.2 Å². The lowest BCUT2D eigenvalue weighted by Crippen LogP contribution is -2.42. The predicted octanol–water partition coefficient (Wildman–Crippen LogP) is 3.22. The highest BCUT2D eigenvalue weighted by Crippen LogP contribution is 2.25. The molecule has 0 spiro atoms. The van der Waals surface area contributed by atoms with E-state index in [0.717, 1.165) is 12.8 Å². The van der Waals surface area contributed by atoms with E-state index in [2.05, 4.69) is 12.2 Å². The maximum Gasteiger partial charge on any atom is 0.238 e. The Morgan fingerprint density at radius 1 is 1.38 bits per heavy atom. The van der Waals surface area contributed by atoms with Crippen molar-refractivity contribution in [3.05, 3.63) is 28.2 Å². The van der Waals surface area contributed by atoms with E-state index in [0.29, 0.717) is 28.7 Å². The van der Waals surface area contributed by atoms with Crippen molar-refractivity contribution in [3.8, 4) is 0 Å². The fourth-order valence-corrected chi connectivity index (χ4v) is 5.00. The second-order valence-electron chi connectivity index (χ2n) is 6.05. The number of hydrogen-bond acceptors (Lipinski definition) is 4. The number of sulfone groups is 1. The first-order valence-corrected chi connectivity index (χ1v) is 10.6. The Hall–Kier alpha value is -0.820. The van der Waals surface area contributed by atoms with E-state index in [9.17, 15) is 13.2 Å². The minimum atomic E-state index is -2.98. The molecule has 1 aliphatic heterocycles. The van der Waals surface area contributed by atoms with Gasteiger partial charge in [0.2, 0.25) is 5.91 Å². The van der Waals surface area contributed by atoms with Gasteiger partial charge in [-0.15, -0.1) is 0 Å². The number of rotatable bonds is 7. The average Bonchev–Trinajstić information content (AvgIpc) is 2.86. The SMILES string of the molecule is CCCCN(CC(=O)Nc1ccc(Cl)cc1Cl)C1CCS(=O)(=O)C1. The van der Waals surface area contributed by atoms with Gasteiger partial charge < -0.3 is 5.32 Å². The molecule has 0 radical (unpaired) electrons. The second kappa shape index (κ2) is 8.52.